The Kier molecular flexibility index (Phi) is 3.67. The SMILES string of the molecule is CCc1cccc2c3c([nH]c12)C(C#CC(=O)O)(CC)OCC3. The van der Waals surface area contributed by atoms with Gasteiger partial charge in [-0.2, -0.15) is 0 Å². The molecule has 0 aliphatic carbocycles. The number of H-pyrrole nitrogens is 1. The van der Waals surface area contributed by atoms with E-state index in [-0.39, 0.29) is 0 Å². The molecule has 0 bridgehead atoms. The van der Waals surface area contributed by atoms with Gasteiger partial charge in [0, 0.05) is 16.8 Å². The second-order valence-corrected chi connectivity index (χ2v) is 5.51. The number of ether oxygens (including phenoxy) is 1. The van der Waals surface area contributed by atoms with Crippen molar-refractivity contribution in [3.8, 4) is 11.8 Å². The summed E-state index contributed by atoms with van der Waals surface area (Å²) in [4.78, 5) is 14.3. The Bertz CT molecular complexity index is 794. The maximum absolute atomic E-state index is 10.8. The number of rotatable bonds is 2. The zero-order valence-corrected chi connectivity index (χ0v) is 12.8. The van der Waals surface area contributed by atoms with Gasteiger partial charge < -0.3 is 14.8 Å². The van der Waals surface area contributed by atoms with Gasteiger partial charge in [0.2, 0.25) is 0 Å². The lowest BCUT2D eigenvalue weighted by Crippen LogP contribution is -2.34. The number of carbonyl (C=O) groups is 1. The van der Waals surface area contributed by atoms with E-state index in [1.165, 1.54) is 16.5 Å². The zero-order chi connectivity index (χ0) is 15.7. The molecule has 22 heavy (non-hydrogen) atoms. The monoisotopic (exact) mass is 297 g/mol. The van der Waals surface area contributed by atoms with Crippen molar-refractivity contribution in [2.24, 2.45) is 0 Å². The summed E-state index contributed by atoms with van der Waals surface area (Å²) in [5, 5.41) is 10.1. The topological polar surface area (TPSA) is 62.3 Å². The van der Waals surface area contributed by atoms with E-state index in [0.717, 1.165) is 24.1 Å². The number of carboxylic acid groups (broad SMARTS) is 1. The van der Waals surface area contributed by atoms with Crippen molar-refractivity contribution < 1.29 is 14.6 Å². The molecule has 1 aromatic heterocycles. The Morgan fingerprint density at radius 3 is 2.95 bits per heavy atom. The Balaban J connectivity index is 2.26. The predicted octanol–water partition coefficient (Wildman–Crippen LogP) is 3.00. The van der Waals surface area contributed by atoms with E-state index in [0.29, 0.717) is 13.0 Å². The molecule has 114 valence electrons. The van der Waals surface area contributed by atoms with Crippen LogP contribution in [0.25, 0.3) is 10.9 Å². The smallest absolute Gasteiger partial charge is 0.382 e. The standard InChI is InChI=1S/C18H19NO3/c1-3-12-6-5-7-13-14-9-11-22-18(4-2,10-8-15(20)21)17(14)19-16(12)13/h5-7,19H,3-4,9,11H2,1-2H3,(H,20,21). The number of hydrogen-bond donors (Lipinski definition) is 2. The van der Waals surface area contributed by atoms with E-state index in [2.05, 4.69) is 41.9 Å². The van der Waals surface area contributed by atoms with Crippen LogP contribution in [-0.4, -0.2) is 22.7 Å². The number of carboxylic acids is 1. The molecule has 1 aromatic carbocycles. The summed E-state index contributed by atoms with van der Waals surface area (Å²) in [5.41, 5.74) is 3.65. The van der Waals surface area contributed by atoms with Gasteiger partial charge in [-0.25, -0.2) is 4.79 Å². The van der Waals surface area contributed by atoms with Crippen LogP contribution in [-0.2, 0) is 28.0 Å². The second kappa shape index (κ2) is 5.51. The van der Waals surface area contributed by atoms with Gasteiger partial charge in [0.1, 0.15) is 0 Å². The molecule has 0 amide bonds. The summed E-state index contributed by atoms with van der Waals surface area (Å²) in [6.07, 6.45) is 2.37. The molecular weight excluding hydrogens is 278 g/mol. The number of hydrogen-bond acceptors (Lipinski definition) is 2. The highest BCUT2D eigenvalue weighted by molar-refractivity contribution is 5.89. The summed E-state index contributed by atoms with van der Waals surface area (Å²) in [5.74, 6) is 3.95. The van der Waals surface area contributed by atoms with E-state index >= 15 is 0 Å². The first-order valence-corrected chi connectivity index (χ1v) is 7.64. The largest absolute Gasteiger partial charge is 0.472 e. The van der Waals surface area contributed by atoms with Crippen LogP contribution >= 0.6 is 0 Å². The maximum Gasteiger partial charge on any atom is 0.382 e. The lowest BCUT2D eigenvalue weighted by Gasteiger charge is -2.32. The molecule has 1 atom stereocenters. The summed E-state index contributed by atoms with van der Waals surface area (Å²) in [6, 6.07) is 6.29. The van der Waals surface area contributed by atoms with Gasteiger partial charge in [0.15, 0.2) is 5.60 Å². The zero-order valence-electron chi connectivity index (χ0n) is 12.8. The van der Waals surface area contributed by atoms with Gasteiger partial charge >= 0.3 is 5.97 Å². The van der Waals surface area contributed by atoms with Crippen molar-refractivity contribution in [3.05, 3.63) is 35.0 Å². The van der Waals surface area contributed by atoms with Crippen molar-refractivity contribution in [2.45, 2.75) is 38.7 Å². The lowest BCUT2D eigenvalue weighted by atomic mass is 9.89. The van der Waals surface area contributed by atoms with Crippen LogP contribution in [0.3, 0.4) is 0 Å². The Labute approximate surface area is 129 Å². The Hall–Kier alpha value is -2.25. The number of aliphatic carboxylic acids is 1. The van der Waals surface area contributed by atoms with Crippen LogP contribution in [0.5, 0.6) is 0 Å². The summed E-state index contributed by atoms with van der Waals surface area (Å²) in [7, 11) is 0. The third-order valence-electron chi connectivity index (χ3n) is 4.38. The van der Waals surface area contributed by atoms with Crippen molar-refractivity contribution >= 4 is 16.9 Å². The highest BCUT2D eigenvalue weighted by Crippen LogP contribution is 2.39. The fraction of sp³-hybridized carbons (Fsp3) is 0.389. The Morgan fingerprint density at radius 2 is 2.27 bits per heavy atom. The lowest BCUT2D eigenvalue weighted by molar-refractivity contribution is -0.130. The number of aryl methyl sites for hydroxylation is 1. The van der Waals surface area contributed by atoms with Crippen LogP contribution in [0.4, 0.5) is 0 Å². The number of nitrogens with one attached hydrogen (secondary N) is 1. The number of fused-ring (bicyclic) bond motifs is 3. The van der Waals surface area contributed by atoms with E-state index in [1.807, 2.05) is 6.92 Å². The van der Waals surface area contributed by atoms with E-state index in [9.17, 15) is 4.79 Å². The van der Waals surface area contributed by atoms with E-state index in [4.69, 9.17) is 9.84 Å². The van der Waals surface area contributed by atoms with E-state index in [1.54, 1.807) is 0 Å². The van der Waals surface area contributed by atoms with Crippen LogP contribution in [0.1, 0.15) is 37.1 Å². The van der Waals surface area contributed by atoms with Gasteiger partial charge in [-0.05, 0) is 36.3 Å². The second-order valence-electron chi connectivity index (χ2n) is 5.51. The third kappa shape index (κ3) is 2.18. The molecule has 3 rings (SSSR count). The molecular formula is C18H19NO3. The molecule has 1 aliphatic heterocycles. The van der Waals surface area contributed by atoms with Crippen molar-refractivity contribution in [3.63, 3.8) is 0 Å². The average molecular weight is 297 g/mol. The molecule has 2 aromatic rings. The average Bonchev–Trinajstić information content (AvgIpc) is 2.92. The van der Waals surface area contributed by atoms with Gasteiger partial charge in [-0.3, -0.25) is 0 Å². The fourth-order valence-corrected chi connectivity index (χ4v) is 3.25. The van der Waals surface area contributed by atoms with Gasteiger partial charge in [-0.1, -0.05) is 32.0 Å². The third-order valence-corrected chi connectivity index (χ3v) is 4.38. The number of para-hydroxylation sites is 1. The van der Waals surface area contributed by atoms with Gasteiger partial charge in [0.25, 0.3) is 0 Å². The Morgan fingerprint density at radius 1 is 1.45 bits per heavy atom. The molecule has 0 saturated carbocycles. The summed E-state index contributed by atoms with van der Waals surface area (Å²) >= 11 is 0. The van der Waals surface area contributed by atoms with Crippen LogP contribution < -0.4 is 0 Å². The van der Waals surface area contributed by atoms with Gasteiger partial charge in [0.05, 0.1) is 12.3 Å². The molecule has 0 radical (unpaired) electrons. The number of aromatic nitrogens is 1. The van der Waals surface area contributed by atoms with Crippen LogP contribution in [0.15, 0.2) is 18.2 Å². The molecule has 1 aliphatic rings. The molecule has 4 heteroatoms. The molecule has 0 fully saturated rings. The first-order valence-electron chi connectivity index (χ1n) is 7.64. The van der Waals surface area contributed by atoms with Crippen LogP contribution in [0, 0.1) is 11.8 Å². The molecule has 0 spiro atoms. The molecule has 2 heterocycles. The molecule has 0 saturated heterocycles. The predicted molar refractivity (Wildman–Crippen MR) is 84.7 cm³/mol. The summed E-state index contributed by atoms with van der Waals surface area (Å²) in [6.45, 7) is 4.65. The number of benzene rings is 1. The first-order chi connectivity index (χ1) is 10.6. The molecule has 4 nitrogen and oxygen atoms in total. The highest BCUT2D eigenvalue weighted by Gasteiger charge is 2.37. The fourth-order valence-electron chi connectivity index (χ4n) is 3.25. The molecule has 2 N–H and O–H groups in total. The van der Waals surface area contributed by atoms with Crippen molar-refractivity contribution in [1.29, 1.82) is 0 Å². The van der Waals surface area contributed by atoms with E-state index < -0.39 is 11.6 Å². The number of aromatic amines is 1. The minimum Gasteiger partial charge on any atom is -0.472 e. The normalized spacial score (nSPS) is 20.3. The van der Waals surface area contributed by atoms with Crippen LogP contribution in [0.2, 0.25) is 0 Å². The quantitative estimate of drug-likeness (QED) is 0.838. The molecule has 1 unspecified atom stereocenters. The van der Waals surface area contributed by atoms with Gasteiger partial charge in [-0.15, -0.1) is 0 Å². The van der Waals surface area contributed by atoms with Crippen molar-refractivity contribution in [1.82, 2.24) is 4.98 Å². The van der Waals surface area contributed by atoms with Crippen molar-refractivity contribution in [2.75, 3.05) is 6.61 Å². The first kappa shape index (κ1) is 14.7. The highest BCUT2D eigenvalue weighted by atomic mass is 16.5. The minimum atomic E-state index is -1.13. The summed E-state index contributed by atoms with van der Waals surface area (Å²) < 4.78 is 5.93. The maximum atomic E-state index is 10.8. The minimum absolute atomic E-state index is 0.554.